The normalized spacial score (nSPS) is 14.6. The Labute approximate surface area is 198 Å². The van der Waals surface area contributed by atoms with Gasteiger partial charge in [0.25, 0.3) is 5.91 Å². The molecule has 8 heteroatoms. The topological polar surface area (TPSA) is 72.9 Å². The Bertz CT molecular complexity index is 1080. The third kappa shape index (κ3) is 5.29. The molecule has 174 valence electrons. The number of thiazole rings is 1. The number of carbonyl (C=O) groups excluding carboxylic acids is 1. The number of likely N-dealkylation sites (tertiary alicyclic amines) is 1. The minimum Gasteiger partial charge on any atom is -0.497 e. The number of aromatic nitrogens is 1. The summed E-state index contributed by atoms with van der Waals surface area (Å²) in [7, 11) is 4.87. The number of benzene rings is 2. The van der Waals surface area contributed by atoms with Crippen molar-refractivity contribution in [1.29, 1.82) is 0 Å². The first-order chi connectivity index (χ1) is 16.1. The number of nitrogens with zero attached hydrogens (tertiary/aromatic N) is 2. The zero-order valence-electron chi connectivity index (χ0n) is 19.2. The van der Waals surface area contributed by atoms with E-state index in [1.54, 1.807) is 26.7 Å². The van der Waals surface area contributed by atoms with Gasteiger partial charge in [-0.3, -0.25) is 9.69 Å². The van der Waals surface area contributed by atoms with Gasteiger partial charge in [0.15, 0.2) is 11.5 Å². The van der Waals surface area contributed by atoms with Crippen molar-refractivity contribution in [2.24, 2.45) is 0 Å². The van der Waals surface area contributed by atoms with Gasteiger partial charge < -0.3 is 19.5 Å². The molecule has 1 aliphatic heterocycles. The fraction of sp³-hybridized carbons (Fsp3) is 0.360. The van der Waals surface area contributed by atoms with Crippen LogP contribution < -0.4 is 19.5 Å². The SMILES string of the molecule is COc1ccc(C(CNC(=O)c2csc(-c3ccc(OC)c(OC)c3)n2)N2CCCC2)cc1. The highest BCUT2D eigenvalue weighted by Crippen LogP contribution is 2.33. The highest BCUT2D eigenvalue weighted by atomic mass is 32.1. The number of amides is 1. The Morgan fingerprint density at radius 2 is 1.76 bits per heavy atom. The van der Waals surface area contributed by atoms with Crippen molar-refractivity contribution in [1.82, 2.24) is 15.2 Å². The number of hydrogen-bond acceptors (Lipinski definition) is 7. The first-order valence-electron chi connectivity index (χ1n) is 11.0. The summed E-state index contributed by atoms with van der Waals surface area (Å²) >= 11 is 1.43. The van der Waals surface area contributed by atoms with Gasteiger partial charge in [0.1, 0.15) is 16.5 Å². The van der Waals surface area contributed by atoms with E-state index in [1.807, 2.05) is 30.3 Å². The summed E-state index contributed by atoms with van der Waals surface area (Å²) in [5.41, 5.74) is 2.46. The Kier molecular flexibility index (Phi) is 7.47. The molecular weight excluding hydrogens is 438 g/mol. The molecule has 1 unspecified atom stereocenters. The number of ether oxygens (including phenoxy) is 3. The van der Waals surface area contributed by atoms with E-state index < -0.39 is 0 Å². The first kappa shape index (κ1) is 23.1. The molecule has 2 aromatic carbocycles. The first-order valence-corrected chi connectivity index (χ1v) is 11.8. The molecule has 1 fully saturated rings. The maximum absolute atomic E-state index is 12.9. The largest absolute Gasteiger partial charge is 0.497 e. The van der Waals surface area contributed by atoms with Gasteiger partial charge in [0, 0.05) is 17.5 Å². The summed E-state index contributed by atoms with van der Waals surface area (Å²) in [6.45, 7) is 2.59. The molecule has 3 aromatic rings. The molecular formula is C25H29N3O4S. The lowest BCUT2D eigenvalue weighted by atomic mass is 10.1. The molecule has 0 saturated carbocycles. The monoisotopic (exact) mass is 467 g/mol. The lowest BCUT2D eigenvalue weighted by Crippen LogP contribution is -2.36. The highest BCUT2D eigenvalue weighted by Gasteiger charge is 2.24. The molecule has 33 heavy (non-hydrogen) atoms. The van der Waals surface area contributed by atoms with Crippen LogP contribution in [0.2, 0.25) is 0 Å². The van der Waals surface area contributed by atoms with Crippen LogP contribution in [0.15, 0.2) is 47.8 Å². The van der Waals surface area contributed by atoms with Crippen LogP contribution >= 0.6 is 11.3 Å². The van der Waals surface area contributed by atoms with Gasteiger partial charge in [-0.15, -0.1) is 11.3 Å². The number of methoxy groups -OCH3 is 3. The molecule has 1 saturated heterocycles. The molecule has 0 spiro atoms. The average Bonchev–Trinajstić information content (AvgIpc) is 3.57. The molecule has 0 bridgehead atoms. The Hall–Kier alpha value is -3.10. The van der Waals surface area contributed by atoms with Crippen molar-refractivity contribution in [2.45, 2.75) is 18.9 Å². The van der Waals surface area contributed by atoms with Crippen molar-refractivity contribution in [3.05, 3.63) is 59.1 Å². The second-order valence-corrected chi connectivity index (χ2v) is 8.71. The average molecular weight is 468 g/mol. The predicted molar refractivity (Wildman–Crippen MR) is 130 cm³/mol. The Morgan fingerprint density at radius 3 is 2.42 bits per heavy atom. The van der Waals surface area contributed by atoms with Crippen molar-refractivity contribution in [3.8, 4) is 27.8 Å². The number of rotatable bonds is 9. The standard InChI is InChI=1S/C25H29N3O4S/c1-30-19-9-6-17(7-10-19)21(28-12-4-5-13-28)15-26-24(29)20-16-33-25(27-20)18-8-11-22(31-2)23(14-18)32-3/h6-11,14,16,21H,4-5,12-13,15H2,1-3H3,(H,26,29). The number of hydrogen-bond donors (Lipinski definition) is 1. The fourth-order valence-electron chi connectivity index (χ4n) is 4.10. The smallest absolute Gasteiger partial charge is 0.270 e. The van der Waals surface area contributed by atoms with Crippen LogP contribution in [0.1, 0.15) is 34.9 Å². The van der Waals surface area contributed by atoms with Crippen LogP contribution in [0.3, 0.4) is 0 Å². The summed E-state index contributed by atoms with van der Waals surface area (Å²) in [5, 5.41) is 5.64. The molecule has 7 nitrogen and oxygen atoms in total. The van der Waals surface area contributed by atoms with Crippen molar-refractivity contribution in [2.75, 3.05) is 41.0 Å². The van der Waals surface area contributed by atoms with Crippen LogP contribution in [0.5, 0.6) is 17.2 Å². The summed E-state index contributed by atoms with van der Waals surface area (Å²) in [5.74, 6) is 1.94. The zero-order valence-corrected chi connectivity index (χ0v) is 20.0. The second kappa shape index (κ2) is 10.7. The fourth-order valence-corrected chi connectivity index (χ4v) is 4.89. The molecule has 0 radical (unpaired) electrons. The van der Waals surface area contributed by atoms with E-state index in [9.17, 15) is 4.79 Å². The van der Waals surface area contributed by atoms with Gasteiger partial charge in [0.2, 0.25) is 0 Å². The molecule has 1 aliphatic rings. The van der Waals surface area contributed by atoms with E-state index >= 15 is 0 Å². The van der Waals surface area contributed by atoms with Gasteiger partial charge in [-0.2, -0.15) is 0 Å². The van der Waals surface area contributed by atoms with Gasteiger partial charge in [0.05, 0.1) is 27.4 Å². The van der Waals surface area contributed by atoms with Gasteiger partial charge in [-0.05, 0) is 61.8 Å². The Balaban J connectivity index is 1.46. The molecule has 1 atom stereocenters. The van der Waals surface area contributed by atoms with Crippen LogP contribution in [0, 0.1) is 0 Å². The van der Waals surface area contributed by atoms with E-state index in [0.29, 0.717) is 23.7 Å². The number of carbonyl (C=O) groups is 1. The molecule has 4 rings (SSSR count). The zero-order chi connectivity index (χ0) is 23.2. The summed E-state index contributed by atoms with van der Waals surface area (Å²) in [4.78, 5) is 19.9. The second-order valence-electron chi connectivity index (χ2n) is 7.85. The third-order valence-corrected chi connectivity index (χ3v) is 6.80. The van der Waals surface area contributed by atoms with Crippen LogP contribution in [0.4, 0.5) is 0 Å². The van der Waals surface area contributed by atoms with E-state index in [0.717, 1.165) is 29.4 Å². The van der Waals surface area contributed by atoms with Gasteiger partial charge in [-0.1, -0.05) is 12.1 Å². The molecule has 1 aromatic heterocycles. The summed E-state index contributed by atoms with van der Waals surface area (Å²) in [6, 6.07) is 13.8. The third-order valence-electron chi connectivity index (χ3n) is 5.91. The molecule has 2 heterocycles. The lowest BCUT2D eigenvalue weighted by Gasteiger charge is -2.28. The van der Waals surface area contributed by atoms with Crippen molar-refractivity contribution >= 4 is 17.2 Å². The van der Waals surface area contributed by atoms with Gasteiger partial charge >= 0.3 is 0 Å². The highest BCUT2D eigenvalue weighted by molar-refractivity contribution is 7.13. The van der Waals surface area contributed by atoms with E-state index in [2.05, 4.69) is 27.3 Å². The van der Waals surface area contributed by atoms with E-state index in [-0.39, 0.29) is 11.9 Å². The Morgan fingerprint density at radius 1 is 1.03 bits per heavy atom. The lowest BCUT2D eigenvalue weighted by molar-refractivity contribution is 0.0933. The quantitative estimate of drug-likeness (QED) is 0.503. The molecule has 1 N–H and O–H groups in total. The minimum absolute atomic E-state index is 0.117. The van der Waals surface area contributed by atoms with Crippen molar-refractivity contribution in [3.63, 3.8) is 0 Å². The predicted octanol–water partition coefficient (Wildman–Crippen LogP) is 4.40. The molecule has 0 aliphatic carbocycles. The van der Waals surface area contributed by atoms with Crippen LogP contribution in [-0.2, 0) is 0 Å². The van der Waals surface area contributed by atoms with Gasteiger partial charge in [-0.25, -0.2) is 4.98 Å². The maximum atomic E-state index is 12.9. The summed E-state index contributed by atoms with van der Waals surface area (Å²) < 4.78 is 16.0. The van der Waals surface area contributed by atoms with E-state index in [1.165, 1.54) is 29.7 Å². The van der Waals surface area contributed by atoms with E-state index in [4.69, 9.17) is 14.2 Å². The molecule has 1 amide bonds. The van der Waals surface area contributed by atoms with Crippen LogP contribution in [-0.4, -0.2) is 56.8 Å². The maximum Gasteiger partial charge on any atom is 0.270 e. The minimum atomic E-state index is -0.171. The van der Waals surface area contributed by atoms with Crippen molar-refractivity contribution < 1.29 is 19.0 Å². The number of nitrogens with one attached hydrogen (secondary N) is 1. The van der Waals surface area contributed by atoms with Crippen LogP contribution in [0.25, 0.3) is 10.6 Å². The summed E-state index contributed by atoms with van der Waals surface area (Å²) in [6.07, 6.45) is 2.36.